The number of aliphatic carboxylic acids is 1. The van der Waals surface area contributed by atoms with Crippen LogP contribution in [0.25, 0.3) is 11.0 Å². The molecule has 0 spiro atoms. The van der Waals surface area contributed by atoms with Crippen molar-refractivity contribution in [3.8, 4) is 0 Å². The highest BCUT2D eigenvalue weighted by atomic mass is 16.4. The number of amides is 1. The first-order valence-corrected chi connectivity index (χ1v) is 7.44. The summed E-state index contributed by atoms with van der Waals surface area (Å²) in [4.78, 5) is 24.3. The number of fused-ring (bicyclic) bond motifs is 1. The van der Waals surface area contributed by atoms with Gasteiger partial charge in [0.25, 0.3) is 0 Å². The molecule has 1 amide bonds. The van der Waals surface area contributed by atoms with Crippen LogP contribution in [0.4, 0.5) is 0 Å². The molecule has 0 aliphatic heterocycles. The van der Waals surface area contributed by atoms with Gasteiger partial charge in [-0.25, -0.2) is 0 Å². The van der Waals surface area contributed by atoms with E-state index >= 15 is 0 Å². The summed E-state index contributed by atoms with van der Waals surface area (Å²) >= 11 is 0. The molecule has 0 atom stereocenters. The van der Waals surface area contributed by atoms with Crippen LogP contribution in [0.2, 0.25) is 0 Å². The van der Waals surface area contributed by atoms with Crippen molar-refractivity contribution in [3.63, 3.8) is 0 Å². The van der Waals surface area contributed by atoms with Gasteiger partial charge in [0.05, 0.1) is 5.92 Å². The van der Waals surface area contributed by atoms with Gasteiger partial charge in [-0.15, -0.1) is 0 Å². The molecule has 0 bridgehead atoms. The minimum Gasteiger partial charge on any atom is -0.481 e. The Labute approximate surface area is 127 Å². The van der Waals surface area contributed by atoms with Crippen LogP contribution in [0, 0.1) is 5.92 Å². The maximum absolute atomic E-state index is 12.0. The van der Waals surface area contributed by atoms with Crippen LogP contribution in [0.1, 0.15) is 25.7 Å². The zero-order valence-corrected chi connectivity index (χ0v) is 12.1. The van der Waals surface area contributed by atoms with Crippen molar-refractivity contribution in [1.82, 2.24) is 20.3 Å². The van der Waals surface area contributed by atoms with Crippen LogP contribution >= 0.6 is 0 Å². The molecular weight excluding hydrogens is 284 g/mol. The first kappa shape index (κ1) is 14.5. The van der Waals surface area contributed by atoms with Gasteiger partial charge in [-0.05, 0) is 37.8 Å². The summed E-state index contributed by atoms with van der Waals surface area (Å²) in [7, 11) is 0. The number of hydrogen-bond donors (Lipinski definition) is 2. The fourth-order valence-electron chi connectivity index (χ4n) is 2.86. The van der Waals surface area contributed by atoms with Crippen LogP contribution in [0.3, 0.4) is 0 Å². The molecule has 1 heterocycles. The van der Waals surface area contributed by atoms with Crippen molar-refractivity contribution in [3.05, 3.63) is 24.3 Å². The molecule has 22 heavy (non-hydrogen) atoms. The Hall–Kier alpha value is -2.44. The Bertz CT molecular complexity index is 656. The van der Waals surface area contributed by atoms with Gasteiger partial charge in [-0.3, -0.25) is 9.59 Å². The first-order chi connectivity index (χ1) is 10.6. The molecule has 7 nitrogen and oxygen atoms in total. The number of benzene rings is 1. The van der Waals surface area contributed by atoms with Gasteiger partial charge in [0, 0.05) is 6.04 Å². The van der Waals surface area contributed by atoms with Gasteiger partial charge < -0.3 is 10.4 Å². The number of hydrogen-bond acceptors (Lipinski definition) is 4. The minimum atomic E-state index is -0.739. The second kappa shape index (κ2) is 6.13. The third kappa shape index (κ3) is 3.24. The number of aromatic nitrogens is 3. The van der Waals surface area contributed by atoms with E-state index < -0.39 is 5.97 Å². The lowest BCUT2D eigenvalue weighted by Crippen LogP contribution is -2.40. The average Bonchev–Trinajstić information content (AvgIpc) is 2.89. The average molecular weight is 302 g/mol. The first-order valence-electron chi connectivity index (χ1n) is 7.44. The fraction of sp³-hybridized carbons (Fsp3) is 0.467. The third-order valence-corrected chi connectivity index (χ3v) is 4.05. The van der Waals surface area contributed by atoms with Gasteiger partial charge in [0.2, 0.25) is 5.91 Å². The zero-order chi connectivity index (χ0) is 15.5. The molecule has 1 aromatic heterocycles. The van der Waals surface area contributed by atoms with Crippen molar-refractivity contribution < 1.29 is 14.7 Å². The Morgan fingerprint density at radius 2 is 1.73 bits per heavy atom. The lowest BCUT2D eigenvalue weighted by Gasteiger charge is -2.26. The van der Waals surface area contributed by atoms with E-state index in [1.807, 2.05) is 24.3 Å². The molecule has 1 fully saturated rings. The smallest absolute Gasteiger partial charge is 0.306 e. The molecule has 1 aliphatic carbocycles. The molecule has 0 unspecified atom stereocenters. The number of nitrogens with one attached hydrogen (secondary N) is 1. The normalized spacial score (nSPS) is 21.6. The molecule has 0 saturated heterocycles. The van der Waals surface area contributed by atoms with E-state index in [4.69, 9.17) is 5.11 Å². The lowest BCUT2D eigenvalue weighted by molar-refractivity contribution is -0.142. The van der Waals surface area contributed by atoms with Crippen LogP contribution in [0.5, 0.6) is 0 Å². The molecule has 1 saturated carbocycles. The number of carbonyl (C=O) groups excluding carboxylic acids is 1. The summed E-state index contributed by atoms with van der Waals surface area (Å²) in [5, 5.41) is 20.4. The van der Waals surface area contributed by atoms with Gasteiger partial charge in [0.1, 0.15) is 17.6 Å². The van der Waals surface area contributed by atoms with Crippen LogP contribution in [-0.4, -0.2) is 38.0 Å². The Balaban J connectivity index is 1.53. The van der Waals surface area contributed by atoms with Gasteiger partial charge in [0.15, 0.2) is 0 Å². The third-order valence-electron chi connectivity index (χ3n) is 4.05. The van der Waals surface area contributed by atoms with Gasteiger partial charge >= 0.3 is 5.97 Å². The maximum Gasteiger partial charge on any atom is 0.306 e. The van der Waals surface area contributed by atoms with Crippen LogP contribution in [0.15, 0.2) is 24.3 Å². The van der Waals surface area contributed by atoms with Gasteiger partial charge in [-0.1, -0.05) is 12.1 Å². The molecule has 1 aromatic carbocycles. The predicted molar refractivity (Wildman–Crippen MR) is 79.1 cm³/mol. The standard InChI is InChI=1S/C15H18N4O3/c20-14(16-11-7-5-10(6-8-11)15(21)22)9-19-17-12-3-1-2-4-13(12)18-19/h1-4,10-11H,5-9H2,(H,16,20)(H,21,22). The quantitative estimate of drug-likeness (QED) is 0.884. The van der Waals surface area contributed by atoms with Crippen LogP contribution < -0.4 is 5.32 Å². The summed E-state index contributed by atoms with van der Waals surface area (Å²) < 4.78 is 0. The van der Waals surface area contributed by atoms with E-state index in [1.54, 1.807) is 0 Å². The molecular formula is C15H18N4O3. The monoisotopic (exact) mass is 302 g/mol. The van der Waals surface area contributed by atoms with E-state index in [0.29, 0.717) is 25.7 Å². The summed E-state index contributed by atoms with van der Waals surface area (Å²) in [5.74, 6) is -1.15. The number of rotatable bonds is 4. The molecule has 2 N–H and O–H groups in total. The highest BCUT2D eigenvalue weighted by Gasteiger charge is 2.26. The van der Waals surface area contributed by atoms with Crippen LogP contribution in [-0.2, 0) is 16.1 Å². The minimum absolute atomic E-state index is 0.0491. The fourth-order valence-corrected chi connectivity index (χ4v) is 2.86. The molecule has 7 heteroatoms. The van der Waals surface area contributed by atoms with E-state index in [-0.39, 0.29) is 24.4 Å². The maximum atomic E-state index is 12.0. The second-order valence-corrected chi connectivity index (χ2v) is 5.67. The number of carbonyl (C=O) groups is 2. The SMILES string of the molecule is O=C(Cn1nc2ccccc2n1)NC1CCC(C(=O)O)CC1. The molecule has 116 valence electrons. The topological polar surface area (TPSA) is 97.1 Å². The summed E-state index contributed by atoms with van der Waals surface area (Å²) in [5.41, 5.74) is 1.52. The Morgan fingerprint density at radius 3 is 2.27 bits per heavy atom. The molecule has 0 radical (unpaired) electrons. The van der Waals surface area contributed by atoms with Crippen molar-refractivity contribution in [2.75, 3.05) is 0 Å². The Kier molecular flexibility index (Phi) is 4.04. The largest absolute Gasteiger partial charge is 0.481 e. The molecule has 2 aromatic rings. The van der Waals surface area contributed by atoms with Crippen molar-refractivity contribution in [2.24, 2.45) is 5.92 Å². The summed E-state index contributed by atoms with van der Waals surface area (Å²) in [6, 6.07) is 7.51. The van der Waals surface area contributed by atoms with Crippen molar-refractivity contribution in [2.45, 2.75) is 38.3 Å². The van der Waals surface area contributed by atoms with Crippen molar-refractivity contribution in [1.29, 1.82) is 0 Å². The highest BCUT2D eigenvalue weighted by molar-refractivity contribution is 5.77. The Morgan fingerprint density at radius 1 is 1.14 bits per heavy atom. The highest BCUT2D eigenvalue weighted by Crippen LogP contribution is 2.24. The van der Waals surface area contributed by atoms with Crippen molar-refractivity contribution >= 4 is 22.9 Å². The van der Waals surface area contributed by atoms with E-state index in [1.165, 1.54) is 4.80 Å². The zero-order valence-electron chi connectivity index (χ0n) is 12.1. The summed E-state index contributed by atoms with van der Waals surface area (Å²) in [6.45, 7) is 0.0769. The number of carboxylic acids is 1. The van der Waals surface area contributed by atoms with E-state index in [0.717, 1.165) is 11.0 Å². The second-order valence-electron chi connectivity index (χ2n) is 5.67. The summed E-state index contributed by atoms with van der Waals surface area (Å²) in [6.07, 6.45) is 2.64. The number of nitrogens with zero attached hydrogens (tertiary/aromatic N) is 3. The molecule has 3 rings (SSSR count). The van der Waals surface area contributed by atoms with Gasteiger partial charge in [-0.2, -0.15) is 15.0 Å². The predicted octanol–water partition coefficient (Wildman–Crippen LogP) is 1.19. The van der Waals surface area contributed by atoms with E-state index in [9.17, 15) is 9.59 Å². The lowest BCUT2D eigenvalue weighted by atomic mass is 9.86. The number of carboxylic acid groups (broad SMARTS) is 1. The molecule has 1 aliphatic rings. The van der Waals surface area contributed by atoms with E-state index in [2.05, 4.69) is 15.5 Å².